The van der Waals surface area contributed by atoms with Gasteiger partial charge in [-0.2, -0.15) is 13.2 Å². The molecule has 0 nitrogen and oxygen atoms in total. The Hall–Kier alpha value is -1.25. The van der Waals surface area contributed by atoms with Gasteiger partial charge in [-0.05, 0) is 43.0 Å². The number of aryl methyl sites for hydroxylation is 1. The van der Waals surface area contributed by atoms with Crippen molar-refractivity contribution in [1.82, 2.24) is 0 Å². The van der Waals surface area contributed by atoms with E-state index >= 15 is 0 Å². The summed E-state index contributed by atoms with van der Waals surface area (Å²) in [7, 11) is 0. The third kappa shape index (κ3) is 3.90. The molecule has 0 amide bonds. The van der Waals surface area contributed by atoms with E-state index in [1.165, 1.54) is 6.07 Å². The van der Waals surface area contributed by atoms with E-state index < -0.39 is 11.7 Å². The van der Waals surface area contributed by atoms with Crippen LogP contribution in [0.1, 0.15) is 42.4 Å². The van der Waals surface area contributed by atoms with Crippen LogP contribution in [0.3, 0.4) is 0 Å². The number of halogens is 3. The lowest BCUT2D eigenvalue weighted by Gasteiger charge is -2.14. The van der Waals surface area contributed by atoms with Crippen molar-refractivity contribution in [1.29, 1.82) is 0 Å². The quantitative estimate of drug-likeness (QED) is 0.638. The van der Waals surface area contributed by atoms with Crippen LogP contribution >= 0.6 is 0 Å². The van der Waals surface area contributed by atoms with Gasteiger partial charge in [0.25, 0.3) is 0 Å². The fourth-order valence-electron chi connectivity index (χ4n) is 1.76. The molecule has 0 bridgehead atoms. The number of rotatable bonds is 5. The number of alkyl halides is 3. The maximum Gasteiger partial charge on any atom is 0.416 e. The number of benzene rings is 1. The number of unbranched alkanes of at least 4 members (excludes halogenated alkanes) is 1. The highest BCUT2D eigenvalue weighted by atomic mass is 19.4. The minimum atomic E-state index is -4.31. The first kappa shape index (κ1) is 14.8. The molecule has 1 aromatic rings. The van der Waals surface area contributed by atoms with Crippen molar-refractivity contribution in [2.75, 3.05) is 0 Å². The molecule has 99 valence electrons. The summed E-state index contributed by atoms with van der Waals surface area (Å²) in [4.78, 5) is 0. The summed E-state index contributed by atoms with van der Waals surface area (Å²) < 4.78 is 38.4. The largest absolute Gasteiger partial charge is 0.416 e. The van der Waals surface area contributed by atoms with Crippen LogP contribution in [0, 0.1) is 6.92 Å². The molecule has 0 aromatic heterocycles. The molecule has 0 aliphatic rings. The predicted molar refractivity (Wildman–Crippen MR) is 68.4 cm³/mol. The van der Waals surface area contributed by atoms with Crippen molar-refractivity contribution in [3.63, 3.8) is 0 Å². The first-order valence-electron chi connectivity index (χ1n) is 6.05. The Balaban J connectivity index is 3.15. The maximum atomic E-state index is 12.8. The molecule has 0 aliphatic carbocycles. The average molecular weight is 255 g/mol. The number of hydrogen-bond acceptors (Lipinski definition) is 0. The lowest BCUT2D eigenvalue weighted by Crippen LogP contribution is -2.07. The van der Waals surface area contributed by atoms with Crippen LogP contribution in [-0.4, -0.2) is 0 Å². The molecular formula is C15H18F3. The highest BCUT2D eigenvalue weighted by Crippen LogP contribution is 2.32. The molecule has 0 fully saturated rings. The normalized spacial score (nSPS) is 13.4. The second-order valence-electron chi connectivity index (χ2n) is 4.41. The van der Waals surface area contributed by atoms with Crippen molar-refractivity contribution in [3.05, 3.63) is 54.5 Å². The monoisotopic (exact) mass is 255 g/mol. The first-order chi connectivity index (χ1) is 8.38. The van der Waals surface area contributed by atoms with Crippen molar-refractivity contribution in [2.24, 2.45) is 0 Å². The summed E-state index contributed by atoms with van der Waals surface area (Å²) in [6.07, 6.45) is -0.244. The zero-order valence-corrected chi connectivity index (χ0v) is 10.6. The van der Waals surface area contributed by atoms with Crippen LogP contribution in [0.4, 0.5) is 13.2 Å². The molecule has 0 saturated carbocycles. The molecule has 0 N–H and O–H groups in total. The second-order valence-corrected chi connectivity index (χ2v) is 4.41. The van der Waals surface area contributed by atoms with Crippen LogP contribution in [0.2, 0.25) is 0 Å². The predicted octanol–water partition coefficient (Wildman–Crippen LogP) is 5.15. The summed E-state index contributed by atoms with van der Waals surface area (Å²) >= 11 is 0. The van der Waals surface area contributed by atoms with Crippen molar-refractivity contribution >= 4 is 0 Å². The average Bonchev–Trinajstić information content (AvgIpc) is 2.33. The van der Waals surface area contributed by atoms with Gasteiger partial charge in [-0.1, -0.05) is 25.5 Å². The summed E-state index contributed by atoms with van der Waals surface area (Å²) in [5.74, 6) is -0.312. The van der Waals surface area contributed by atoms with Crippen LogP contribution in [0.25, 0.3) is 0 Å². The van der Waals surface area contributed by atoms with E-state index in [1.54, 1.807) is 12.1 Å². The van der Waals surface area contributed by atoms with Crippen LogP contribution in [0.5, 0.6) is 0 Å². The highest BCUT2D eigenvalue weighted by molar-refractivity contribution is 5.36. The zero-order valence-electron chi connectivity index (χ0n) is 10.6. The fourth-order valence-corrected chi connectivity index (χ4v) is 1.76. The van der Waals surface area contributed by atoms with E-state index in [0.29, 0.717) is 12.0 Å². The molecule has 3 heteroatoms. The molecule has 0 saturated heterocycles. The lowest BCUT2D eigenvalue weighted by molar-refractivity contribution is -0.137. The van der Waals surface area contributed by atoms with Gasteiger partial charge in [0.15, 0.2) is 0 Å². The third-order valence-corrected chi connectivity index (χ3v) is 2.87. The van der Waals surface area contributed by atoms with E-state index in [2.05, 4.69) is 13.5 Å². The maximum absolute atomic E-state index is 12.8. The first-order valence-corrected chi connectivity index (χ1v) is 6.05. The molecule has 0 spiro atoms. The molecule has 1 rings (SSSR count). The van der Waals surface area contributed by atoms with E-state index in [4.69, 9.17) is 0 Å². The van der Waals surface area contributed by atoms with E-state index in [0.717, 1.165) is 24.5 Å². The standard InChI is InChI=1S/C15H18F3/c1-4-6-7-12-8-13(11(3)5-2)10-14(9-12)15(16,17)18/h5,8-11H,2-4,6-7H2,1H3. The molecule has 18 heavy (non-hydrogen) atoms. The minimum absolute atomic E-state index is 0.312. The van der Waals surface area contributed by atoms with Crippen molar-refractivity contribution in [2.45, 2.75) is 38.3 Å². The number of hydrogen-bond donors (Lipinski definition) is 0. The van der Waals surface area contributed by atoms with E-state index in [1.807, 2.05) is 6.92 Å². The van der Waals surface area contributed by atoms with Crippen molar-refractivity contribution < 1.29 is 13.2 Å². The third-order valence-electron chi connectivity index (χ3n) is 2.87. The Bertz CT molecular complexity index is 405. The van der Waals surface area contributed by atoms with Gasteiger partial charge in [-0.3, -0.25) is 0 Å². The topological polar surface area (TPSA) is 0 Å². The van der Waals surface area contributed by atoms with Gasteiger partial charge >= 0.3 is 6.18 Å². The molecule has 1 atom stereocenters. The Morgan fingerprint density at radius 2 is 1.94 bits per heavy atom. The van der Waals surface area contributed by atoms with Gasteiger partial charge in [-0.25, -0.2) is 0 Å². The molecule has 1 unspecified atom stereocenters. The Morgan fingerprint density at radius 3 is 2.44 bits per heavy atom. The molecule has 1 aromatic carbocycles. The summed E-state index contributed by atoms with van der Waals surface area (Å²) in [5, 5.41) is 0. The lowest BCUT2D eigenvalue weighted by atomic mass is 9.94. The minimum Gasteiger partial charge on any atom is -0.166 e. The summed E-state index contributed by atoms with van der Waals surface area (Å²) in [5.41, 5.74) is 0.699. The molecule has 0 aliphatic heterocycles. The Labute approximate surface area is 107 Å². The number of allylic oxidation sites excluding steroid dienone is 1. The van der Waals surface area contributed by atoms with Gasteiger partial charge in [-0.15, -0.1) is 6.58 Å². The SMILES string of the molecule is [CH2]C(C=C)c1cc(CCCC)cc(C(F)(F)F)c1. The summed E-state index contributed by atoms with van der Waals surface area (Å²) in [6.45, 7) is 9.38. The Kier molecular flexibility index (Phi) is 5.00. The van der Waals surface area contributed by atoms with Gasteiger partial charge in [0, 0.05) is 5.92 Å². The smallest absolute Gasteiger partial charge is 0.166 e. The second kappa shape index (κ2) is 6.07. The van der Waals surface area contributed by atoms with Crippen LogP contribution < -0.4 is 0 Å². The highest BCUT2D eigenvalue weighted by Gasteiger charge is 2.31. The van der Waals surface area contributed by atoms with Gasteiger partial charge in [0.1, 0.15) is 0 Å². The van der Waals surface area contributed by atoms with Crippen LogP contribution in [0.15, 0.2) is 30.9 Å². The van der Waals surface area contributed by atoms with Gasteiger partial charge in [0.2, 0.25) is 0 Å². The van der Waals surface area contributed by atoms with E-state index in [-0.39, 0.29) is 5.92 Å². The molecular weight excluding hydrogens is 237 g/mol. The fraction of sp³-hybridized carbons (Fsp3) is 0.400. The molecule has 0 heterocycles. The van der Waals surface area contributed by atoms with Gasteiger partial charge < -0.3 is 0 Å². The van der Waals surface area contributed by atoms with Crippen molar-refractivity contribution in [3.8, 4) is 0 Å². The Morgan fingerprint density at radius 1 is 1.28 bits per heavy atom. The van der Waals surface area contributed by atoms with E-state index in [9.17, 15) is 13.2 Å². The molecule has 1 radical (unpaired) electrons. The zero-order chi connectivity index (χ0) is 13.8. The van der Waals surface area contributed by atoms with Crippen LogP contribution in [-0.2, 0) is 12.6 Å². The summed E-state index contributed by atoms with van der Waals surface area (Å²) in [6, 6.07) is 4.19. The van der Waals surface area contributed by atoms with Gasteiger partial charge in [0.05, 0.1) is 5.56 Å².